The fraction of sp³-hybridized carbons (Fsp3) is 0.625. The summed E-state index contributed by atoms with van der Waals surface area (Å²) in [6.45, 7) is 0.552. The van der Waals surface area contributed by atoms with E-state index < -0.39 is 10.1 Å². The van der Waals surface area contributed by atoms with Crippen LogP contribution in [-0.2, 0) is 42.2 Å². The van der Waals surface area contributed by atoms with Gasteiger partial charge in [0.1, 0.15) is 0 Å². The van der Waals surface area contributed by atoms with E-state index in [0.29, 0.717) is 6.54 Å². The first-order valence-corrected chi connectivity index (χ1v) is 9.36. The summed E-state index contributed by atoms with van der Waals surface area (Å²) in [7, 11) is 0.736. The van der Waals surface area contributed by atoms with Gasteiger partial charge in [0.05, 0.1) is 6.54 Å². The number of benzene rings is 1. The molecule has 0 bridgehead atoms. The van der Waals surface area contributed by atoms with E-state index in [4.69, 9.17) is 5.14 Å². The second kappa shape index (κ2) is 5.71. The van der Waals surface area contributed by atoms with Crippen molar-refractivity contribution in [3.8, 4) is 0 Å². The second-order valence-corrected chi connectivity index (χ2v) is 8.35. The maximum absolute atomic E-state index is 12.1. The Morgan fingerprint density at radius 3 is 2.24 bits per heavy atom. The average Bonchev–Trinajstić information content (AvgIpc) is 3.05. The smallest absolute Gasteiger partial charge is 0.172 e. The van der Waals surface area contributed by atoms with Crippen molar-refractivity contribution in [1.29, 1.82) is 0 Å². The van der Waals surface area contributed by atoms with Gasteiger partial charge in [-0.25, -0.2) is 18.0 Å². The first-order chi connectivity index (χ1) is 9.99. The molecule has 5 heteroatoms. The van der Waals surface area contributed by atoms with Crippen molar-refractivity contribution in [2.45, 2.75) is 44.9 Å². The lowest BCUT2D eigenvalue weighted by Crippen LogP contribution is -2.30. The Labute approximate surface area is 128 Å². The Bertz CT molecular complexity index is 640. The molecule has 0 fully saturated rings. The highest BCUT2D eigenvalue weighted by Gasteiger charge is 2.23. The van der Waals surface area contributed by atoms with E-state index in [9.17, 15) is 4.21 Å². The number of hydrogen-bond donors (Lipinski definition) is 1. The number of nitrogens with two attached hydrogens (primary N) is 1. The number of nitrogens with zero attached hydrogens (tertiary/aromatic N) is 2. The predicted octanol–water partition coefficient (Wildman–Crippen LogP) is 2.02. The Balaban J connectivity index is 1.88. The molecule has 1 aromatic carbocycles. The molecule has 2 aliphatic carbocycles. The zero-order valence-electron chi connectivity index (χ0n) is 13.0. The normalized spacial score (nSPS) is 19.4. The molecule has 0 aliphatic heterocycles. The van der Waals surface area contributed by atoms with E-state index in [1.54, 1.807) is 36.3 Å². The van der Waals surface area contributed by atoms with Gasteiger partial charge in [0.25, 0.3) is 0 Å². The summed E-state index contributed by atoms with van der Waals surface area (Å²) in [6, 6.07) is 2.44. The summed E-state index contributed by atoms with van der Waals surface area (Å²) in [5.74, 6) is 0. The maximum Gasteiger partial charge on any atom is 0.172 e. The Morgan fingerprint density at radius 2 is 1.71 bits per heavy atom. The first kappa shape index (κ1) is 15.0. The van der Waals surface area contributed by atoms with Gasteiger partial charge in [0, 0.05) is 14.1 Å². The molecule has 0 amide bonds. The topological polar surface area (TPSA) is 58.7 Å². The van der Waals surface area contributed by atoms with Crippen molar-refractivity contribution in [1.82, 2.24) is 4.31 Å². The second-order valence-electron chi connectivity index (χ2n) is 6.29. The van der Waals surface area contributed by atoms with Gasteiger partial charge in [-0.15, -0.1) is 0 Å². The zero-order chi connectivity index (χ0) is 15.0. The number of rotatable bonds is 4. The van der Waals surface area contributed by atoms with Gasteiger partial charge in [-0.3, -0.25) is 0 Å². The average molecular weight is 307 g/mol. The number of aryl methyl sites for hydroxylation is 2. The highest BCUT2D eigenvalue weighted by atomic mass is 32.2. The quantitative estimate of drug-likeness (QED) is 0.909. The summed E-state index contributed by atoms with van der Waals surface area (Å²) in [5.41, 5.74) is 7.70. The van der Waals surface area contributed by atoms with Gasteiger partial charge in [-0.05, 0) is 72.8 Å². The van der Waals surface area contributed by atoms with Crippen LogP contribution in [0.15, 0.2) is 10.4 Å². The fourth-order valence-electron chi connectivity index (χ4n) is 3.64. The van der Waals surface area contributed by atoms with Gasteiger partial charge in [-0.1, -0.05) is 6.07 Å². The molecule has 0 aromatic heterocycles. The molecule has 2 N–H and O–H groups in total. The maximum atomic E-state index is 12.1. The molecule has 0 saturated carbocycles. The minimum atomic E-state index is -2.69. The number of fused-ring (bicyclic) bond motifs is 2. The van der Waals surface area contributed by atoms with Crippen LogP contribution in [-0.4, -0.2) is 29.2 Å². The van der Waals surface area contributed by atoms with E-state index in [-0.39, 0.29) is 0 Å². The standard InChI is InChI=1S/C16H25N3OS/c1-19(2)21(17,20)18-10-9-16-14-7-3-5-12(14)11-13-6-4-8-15(13)16/h11H,3-10H2,1-2H3,(H2,17,18,20). The van der Waals surface area contributed by atoms with Gasteiger partial charge < -0.3 is 0 Å². The van der Waals surface area contributed by atoms with Gasteiger partial charge in [0.2, 0.25) is 0 Å². The lowest BCUT2D eigenvalue weighted by molar-refractivity contribution is 0.591. The van der Waals surface area contributed by atoms with Crippen molar-refractivity contribution < 1.29 is 4.21 Å². The van der Waals surface area contributed by atoms with Crippen molar-refractivity contribution in [2.24, 2.45) is 9.50 Å². The monoisotopic (exact) mass is 307 g/mol. The highest BCUT2D eigenvalue weighted by Crippen LogP contribution is 2.35. The molecule has 116 valence electrons. The van der Waals surface area contributed by atoms with Gasteiger partial charge >= 0.3 is 0 Å². The van der Waals surface area contributed by atoms with Gasteiger partial charge in [-0.2, -0.15) is 0 Å². The first-order valence-electron chi connectivity index (χ1n) is 7.82. The third-order valence-electron chi connectivity index (χ3n) is 4.76. The van der Waals surface area contributed by atoms with Crippen molar-refractivity contribution in [3.05, 3.63) is 33.9 Å². The molecular formula is C16H25N3OS. The number of hydrogen-bond acceptors (Lipinski definition) is 2. The zero-order valence-corrected chi connectivity index (χ0v) is 13.8. The van der Waals surface area contributed by atoms with Crippen molar-refractivity contribution >= 4 is 10.1 Å². The van der Waals surface area contributed by atoms with Gasteiger partial charge in [0.15, 0.2) is 10.1 Å². The highest BCUT2D eigenvalue weighted by molar-refractivity contribution is 7.89. The molecule has 3 rings (SSSR count). The lowest BCUT2D eigenvalue weighted by Gasteiger charge is -2.15. The van der Waals surface area contributed by atoms with Crippen molar-refractivity contribution in [2.75, 3.05) is 20.6 Å². The SMILES string of the molecule is CN(C)S(N)(=O)=NCCc1c2c(cc3c1CCC3)CCC2. The third-order valence-corrected chi connectivity index (χ3v) is 6.36. The third kappa shape index (κ3) is 2.87. The van der Waals surface area contributed by atoms with E-state index in [1.165, 1.54) is 48.4 Å². The van der Waals surface area contributed by atoms with Crippen LogP contribution in [0.5, 0.6) is 0 Å². The minimum absolute atomic E-state index is 0.552. The van der Waals surface area contributed by atoms with E-state index in [0.717, 1.165) is 6.42 Å². The molecule has 1 aromatic rings. The Kier molecular flexibility index (Phi) is 4.08. The van der Waals surface area contributed by atoms with Crippen LogP contribution in [0.3, 0.4) is 0 Å². The van der Waals surface area contributed by atoms with E-state index >= 15 is 0 Å². The molecule has 0 spiro atoms. The molecule has 0 heterocycles. The van der Waals surface area contributed by atoms with Crippen LogP contribution in [0.1, 0.15) is 40.7 Å². The van der Waals surface area contributed by atoms with Crippen LogP contribution < -0.4 is 5.14 Å². The summed E-state index contributed by atoms with van der Waals surface area (Å²) >= 11 is 0. The molecule has 4 nitrogen and oxygen atoms in total. The molecule has 1 atom stereocenters. The molecule has 0 radical (unpaired) electrons. The van der Waals surface area contributed by atoms with Crippen LogP contribution in [0, 0.1) is 0 Å². The van der Waals surface area contributed by atoms with Crippen LogP contribution in [0.4, 0.5) is 0 Å². The molecule has 21 heavy (non-hydrogen) atoms. The van der Waals surface area contributed by atoms with Crippen LogP contribution >= 0.6 is 0 Å². The summed E-state index contributed by atoms with van der Waals surface area (Å²) in [5, 5.41) is 5.74. The summed E-state index contributed by atoms with van der Waals surface area (Å²) in [6.07, 6.45) is 8.26. The van der Waals surface area contributed by atoms with E-state index in [1.807, 2.05) is 0 Å². The summed E-state index contributed by atoms with van der Waals surface area (Å²) in [4.78, 5) is 0. The summed E-state index contributed by atoms with van der Waals surface area (Å²) < 4.78 is 17.8. The molecule has 0 saturated heterocycles. The minimum Gasteiger partial charge on any atom is -0.232 e. The molecule has 1 unspecified atom stereocenters. The molecule has 2 aliphatic rings. The Morgan fingerprint density at radius 1 is 1.14 bits per heavy atom. The van der Waals surface area contributed by atoms with Crippen LogP contribution in [0.2, 0.25) is 0 Å². The lowest BCUT2D eigenvalue weighted by atomic mass is 9.92. The van der Waals surface area contributed by atoms with Crippen molar-refractivity contribution in [3.63, 3.8) is 0 Å². The van der Waals surface area contributed by atoms with E-state index in [2.05, 4.69) is 10.4 Å². The predicted molar refractivity (Wildman–Crippen MR) is 87.5 cm³/mol. The largest absolute Gasteiger partial charge is 0.232 e. The molecular weight excluding hydrogens is 282 g/mol. The fourth-order valence-corrected chi connectivity index (χ4v) is 4.22. The Hall–Kier alpha value is -0.910. The van der Waals surface area contributed by atoms with Crippen LogP contribution in [0.25, 0.3) is 0 Å².